The molecule has 0 aromatic rings. The highest BCUT2D eigenvalue weighted by Gasteiger charge is 2.02. The van der Waals surface area contributed by atoms with Crippen LogP contribution >= 0.6 is 0 Å². The van der Waals surface area contributed by atoms with Gasteiger partial charge in [-0.2, -0.15) is 0 Å². The molecule has 0 fully saturated rings. The van der Waals surface area contributed by atoms with Crippen LogP contribution in [-0.2, 0) is 99.5 Å². The average molecular weight is 1600 g/mol. The van der Waals surface area contributed by atoms with Crippen LogP contribution in [0.25, 0.3) is 0 Å². The lowest BCUT2D eigenvalue weighted by atomic mass is 10.1. The molecule has 0 spiro atoms. The summed E-state index contributed by atoms with van der Waals surface area (Å²) in [6, 6.07) is 0. The third-order valence-corrected chi connectivity index (χ3v) is 14.8. The van der Waals surface area contributed by atoms with Crippen LogP contribution < -0.4 is 0 Å². The van der Waals surface area contributed by atoms with Gasteiger partial charge in [0.25, 0.3) is 0 Å². The molecule has 0 unspecified atom stereocenters. The molecule has 678 valence electrons. The fourth-order valence-electron chi connectivity index (χ4n) is 8.43. The van der Waals surface area contributed by atoms with Gasteiger partial charge in [-0.25, -0.2) is 0 Å². The molecular formula is C89H196O21. The number of rotatable bonds is 74. The van der Waals surface area contributed by atoms with Crippen molar-refractivity contribution in [2.45, 2.75) is 267 Å². The van der Waals surface area contributed by atoms with E-state index in [-0.39, 0.29) is 0 Å². The van der Waals surface area contributed by atoms with Crippen molar-refractivity contribution in [1.82, 2.24) is 0 Å². The largest absolute Gasteiger partial charge is 0.385 e. The molecule has 0 aliphatic heterocycles. The van der Waals surface area contributed by atoms with E-state index in [0.29, 0.717) is 113 Å². The summed E-state index contributed by atoms with van der Waals surface area (Å²) in [5.41, 5.74) is 0. The van der Waals surface area contributed by atoms with E-state index < -0.39 is 0 Å². The Hall–Kier alpha value is -0.840. The first-order valence-corrected chi connectivity index (χ1v) is 43.5. The van der Waals surface area contributed by atoms with Gasteiger partial charge in [0.15, 0.2) is 0 Å². The minimum absolute atomic E-state index is 0.390. The Kier molecular flexibility index (Phi) is 143. The Bertz CT molecular complexity index is 1350. The number of hydrogen-bond acceptors (Lipinski definition) is 21. The second-order valence-electron chi connectivity index (χ2n) is 30.6. The lowest BCUT2D eigenvalue weighted by molar-refractivity contribution is -0.0667. The van der Waals surface area contributed by atoms with Crippen LogP contribution in [0.4, 0.5) is 0 Å². The van der Waals surface area contributed by atoms with E-state index in [4.69, 9.17) is 99.5 Å². The summed E-state index contributed by atoms with van der Waals surface area (Å²) in [5.74, 6) is 7.07. The first-order valence-electron chi connectivity index (χ1n) is 43.5. The molecule has 0 aliphatic carbocycles. The maximum absolute atomic E-state index is 5.42. The molecule has 21 heteroatoms. The van der Waals surface area contributed by atoms with Gasteiger partial charge in [-0.15, -0.1) is 0 Å². The maximum Gasteiger partial charge on any atom is 0.146 e. The first kappa shape index (κ1) is 127. The Morgan fingerprint density at radius 3 is 0.491 bits per heavy atom. The average Bonchev–Trinajstić information content (AvgIpc) is 3.24. The fourth-order valence-corrected chi connectivity index (χ4v) is 8.43. The third-order valence-electron chi connectivity index (χ3n) is 14.8. The summed E-state index contributed by atoms with van der Waals surface area (Å²) in [6.07, 6.45) is 22.7. The Morgan fingerprint density at radius 2 is 0.300 bits per heavy atom. The SMILES string of the molecule is CCCOCCOCCCC(C)C.CCOCCOCCCC(C)C.CCOCCOCCOCCCC(C)C.COCCCC(C)C.COCCOCCCC(C)C.COCCOCCOCCCC(C)C.COCCOCCOCCCC(C)C.COCCOCOCCCC(C)C.COCOCCCC(C)C. The van der Waals surface area contributed by atoms with Crippen LogP contribution in [0.15, 0.2) is 0 Å². The van der Waals surface area contributed by atoms with E-state index in [1.807, 2.05) is 13.8 Å². The van der Waals surface area contributed by atoms with Gasteiger partial charge < -0.3 is 99.5 Å². The van der Waals surface area contributed by atoms with Crippen LogP contribution in [0.3, 0.4) is 0 Å². The summed E-state index contributed by atoms with van der Waals surface area (Å²) >= 11 is 0. The number of methoxy groups -OCH3 is 6. The third kappa shape index (κ3) is 179. The van der Waals surface area contributed by atoms with Gasteiger partial charge in [-0.3, -0.25) is 0 Å². The van der Waals surface area contributed by atoms with Gasteiger partial charge in [-0.1, -0.05) is 132 Å². The van der Waals surface area contributed by atoms with Gasteiger partial charge in [0.2, 0.25) is 0 Å². The van der Waals surface area contributed by atoms with E-state index in [9.17, 15) is 0 Å². The zero-order valence-electron chi connectivity index (χ0n) is 78.2. The van der Waals surface area contributed by atoms with E-state index in [1.54, 1.807) is 42.7 Å². The minimum atomic E-state index is 0.390. The van der Waals surface area contributed by atoms with Gasteiger partial charge in [0, 0.05) is 122 Å². The molecule has 0 N–H and O–H groups in total. The van der Waals surface area contributed by atoms with Crippen molar-refractivity contribution in [1.29, 1.82) is 0 Å². The topological polar surface area (TPSA) is 194 Å². The van der Waals surface area contributed by atoms with Crippen molar-refractivity contribution in [3.63, 3.8) is 0 Å². The molecule has 0 aromatic carbocycles. The van der Waals surface area contributed by atoms with Crippen LogP contribution in [0.2, 0.25) is 0 Å². The summed E-state index contributed by atoms with van der Waals surface area (Å²) in [7, 11) is 10.1. The molecular weight excluding hydrogens is 1400 g/mol. The molecule has 0 radical (unpaired) electrons. The molecule has 0 rings (SSSR count). The number of ether oxygens (including phenoxy) is 21. The molecule has 0 amide bonds. The van der Waals surface area contributed by atoms with E-state index in [2.05, 4.69) is 132 Å². The van der Waals surface area contributed by atoms with Gasteiger partial charge in [0.1, 0.15) is 13.6 Å². The maximum atomic E-state index is 5.42. The van der Waals surface area contributed by atoms with Gasteiger partial charge >= 0.3 is 0 Å². The Balaban J connectivity index is -0.000000150. The molecule has 0 atom stereocenters. The van der Waals surface area contributed by atoms with Crippen molar-refractivity contribution in [2.24, 2.45) is 53.3 Å². The minimum Gasteiger partial charge on any atom is -0.385 e. The summed E-state index contributed by atoms with van der Waals surface area (Å²) in [4.78, 5) is 0. The predicted octanol–water partition coefficient (Wildman–Crippen LogP) is 20.3. The summed E-state index contributed by atoms with van der Waals surface area (Å²) < 4.78 is 108. The molecule has 0 heterocycles. The molecule has 110 heavy (non-hydrogen) atoms. The first-order chi connectivity index (χ1) is 52.9. The van der Waals surface area contributed by atoms with Crippen LogP contribution in [0.5, 0.6) is 0 Å². The molecule has 0 aromatic heterocycles. The molecule has 0 saturated heterocycles. The van der Waals surface area contributed by atoms with E-state index >= 15 is 0 Å². The molecule has 0 bridgehead atoms. The Morgan fingerprint density at radius 1 is 0.145 bits per heavy atom. The van der Waals surface area contributed by atoms with Gasteiger partial charge in [-0.05, 0) is 189 Å². The normalized spacial score (nSPS) is 11.0. The van der Waals surface area contributed by atoms with Crippen molar-refractivity contribution in [3.05, 3.63) is 0 Å². The monoisotopic (exact) mass is 1600 g/mol. The number of hydrogen-bond donors (Lipinski definition) is 0. The lowest BCUT2D eigenvalue weighted by Gasteiger charge is -2.07. The predicted molar refractivity (Wildman–Crippen MR) is 462 cm³/mol. The second kappa shape index (κ2) is 124. The zero-order valence-corrected chi connectivity index (χ0v) is 78.2. The van der Waals surface area contributed by atoms with Crippen molar-refractivity contribution >= 4 is 0 Å². The van der Waals surface area contributed by atoms with Crippen LogP contribution in [0.1, 0.15) is 267 Å². The highest BCUT2D eigenvalue weighted by Crippen LogP contribution is 2.09. The quantitative estimate of drug-likeness (QED) is 0.0412. The summed E-state index contributed by atoms with van der Waals surface area (Å²) in [6.45, 7) is 71.0. The Labute approximate surface area is 684 Å². The zero-order chi connectivity index (χ0) is 84.5. The van der Waals surface area contributed by atoms with Crippen molar-refractivity contribution < 1.29 is 99.5 Å². The van der Waals surface area contributed by atoms with Crippen molar-refractivity contribution in [2.75, 3.05) is 268 Å². The molecule has 0 aliphatic rings. The van der Waals surface area contributed by atoms with Gasteiger partial charge in [0.05, 0.1) is 132 Å². The fraction of sp³-hybridized carbons (Fsp3) is 1.00. The highest BCUT2D eigenvalue weighted by molar-refractivity contribution is 4.51. The molecule has 21 nitrogen and oxygen atoms in total. The van der Waals surface area contributed by atoms with Crippen molar-refractivity contribution in [3.8, 4) is 0 Å². The lowest BCUT2D eigenvalue weighted by Crippen LogP contribution is -2.09. The molecule has 0 saturated carbocycles. The van der Waals surface area contributed by atoms with Crippen LogP contribution in [0, 0.1) is 53.3 Å². The van der Waals surface area contributed by atoms with E-state index in [0.717, 1.165) is 204 Å². The smallest absolute Gasteiger partial charge is 0.146 e. The standard InChI is InChI=1S/C12H26O3.2C11H24O3.C11H24O2.C10H22O3.C10H22O2.C9H20O2.C8H18O2.C7H16O/c1-4-13-8-9-15-11-10-14-7-5-6-12(2)3;2*1-11(2)5-4-6-13-9-10-14-8-7-12-3;1-4-7-12-9-10-13-8-5-6-11(2)3;1-10(2)5-4-6-12-9-13-8-7-11-3;1-4-11-8-9-12-7-5-6-10(2)3;1-9(2)5-4-6-11-8-7-10-3;1-8(2)5-4-6-10-7-9-3;1-7(2)5-4-6-8-3/h12H,4-11H2,1-3H3;2*11H,4-10H2,1-3H3;11H,4-10H2,1-3H3;10H,4-9H2,1-3H3;10H,4-9H2,1-3H3;9H,4-8H2,1-3H3;8H,4-7H2,1-3H3;7H,4-6H2,1-3H3. The highest BCUT2D eigenvalue weighted by atomic mass is 16.7. The van der Waals surface area contributed by atoms with E-state index in [1.165, 1.54) is 83.5 Å². The van der Waals surface area contributed by atoms with Crippen LogP contribution in [-0.4, -0.2) is 268 Å². The second-order valence-corrected chi connectivity index (χ2v) is 30.6. The summed E-state index contributed by atoms with van der Waals surface area (Å²) in [5, 5.41) is 0.